The van der Waals surface area contributed by atoms with E-state index in [9.17, 15) is 4.79 Å². The van der Waals surface area contributed by atoms with E-state index in [1.807, 2.05) is 12.1 Å². The Morgan fingerprint density at radius 2 is 1.79 bits per heavy atom. The van der Waals surface area contributed by atoms with Crippen LogP contribution in [0.1, 0.15) is 72.7 Å². The van der Waals surface area contributed by atoms with Gasteiger partial charge in [0.15, 0.2) is 0 Å². The van der Waals surface area contributed by atoms with Crippen LogP contribution in [0.5, 0.6) is 5.75 Å². The Hall–Kier alpha value is -2.84. The molecule has 1 heterocycles. The lowest BCUT2D eigenvalue weighted by molar-refractivity contribution is 0.0953. The average Bonchev–Trinajstić information content (AvgIpc) is 3.40. The van der Waals surface area contributed by atoms with Crippen LogP contribution < -0.4 is 26.4 Å². The van der Waals surface area contributed by atoms with Crippen molar-refractivity contribution in [2.24, 2.45) is 5.73 Å². The summed E-state index contributed by atoms with van der Waals surface area (Å²) in [5.41, 5.74) is 9.61. The first-order chi connectivity index (χ1) is 18.8. The van der Waals surface area contributed by atoms with Crippen LogP contribution in [0.4, 0.5) is 0 Å². The van der Waals surface area contributed by atoms with Crippen LogP contribution in [0.15, 0.2) is 52.9 Å². The Morgan fingerprint density at radius 3 is 2.49 bits per heavy atom. The molecule has 1 aliphatic rings. The molecule has 5 N–H and O–H groups in total. The van der Waals surface area contributed by atoms with Gasteiger partial charge in [0.2, 0.25) is 0 Å². The van der Waals surface area contributed by atoms with E-state index in [4.69, 9.17) is 26.5 Å². The van der Waals surface area contributed by atoms with Gasteiger partial charge in [0.25, 0.3) is 5.91 Å². The molecule has 7 nitrogen and oxygen atoms in total. The molecule has 0 bridgehead atoms. The Balaban J connectivity index is 1.33. The topological polar surface area (TPSA) is 102 Å². The smallest absolute Gasteiger partial charge is 0.252 e. The molecule has 2 aromatic carbocycles. The fourth-order valence-corrected chi connectivity index (χ4v) is 5.17. The highest BCUT2D eigenvalue weighted by molar-refractivity contribution is 6.34. The summed E-state index contributed by atoms with van der Waals surface area (Å²) in [5, 5.41) is 10.2. The summed E-state index contributed by atoms with van der Waals surface area (Å²) < 4.78 is 11.7. The van der Waals surface area contributed by atoms with E-state index in [-0.39, 0.29) is 5.91 Å². The number of rotatable bonds is 12. The fourth-order valence-electron chi connectivity index (χ4n) is 4.93. The van der Waals surface area contributed by atoms with E-state index in [0.29, 0.717) is 65.3 Å². The molecule has 1 fully saturated rings. The van der Waals surface area contributed by atoms with Gasteiger partial charge in [-0.25, -0.2) is 0 Å². The zero-order valence-corrected chi connectivity index (χ0v) is 23.9. The lowest BCUT2D eigenvalue weighted by Gasteiger charge is -2.26. The van der Waals surface area contributed by atoms with Crippen molar-refractivity contribution in [3.63, 3.8) is 0 Å². The molecule has 0 saturated heterocycles. The number of benzene rings is 2. The maximum Gasteiger partial charge on any atom is 0.252 e. The zero-order chi connectivity index (χ0) is 27.8. The molecule has 1 saturated carbocycles. The van der Waals surface area contributed by atoms with Crippen molar-refractivity contribution >= 4 is 17.5 Å². The lowest BCUT2D eigenvalue weighted by Crippen LogP contribution is -2.41. The van der Waals surface area contributed by atoms with Crippen molar-refractivity contribution in [1.82, 2.24) is 16.0 Å². The second-order valence-corrected chi connectivity index (χ2v) is 11.0. The third kappa shape index (κ3) is 8.08. The highest BCUT2D eigenvalue weighted by atomic mass is 35.5. The van der Waals surface area contributed by atoms with Crippen LogP contribution in [-0.4, -0.2) is 38.2 Å². The standard InChI is InChI=1S/C31H41ClN4O3/c1-20(2)22-6-4-21(5-7-22)18-34-19-25-12-13-29(39-25)27-16-26(28(32)17-30(27)38-3)31(37)36-15-14-35-24-10-8-23(33)9-11-24/h4-7,12-13,16-17,20,23-24,34-35H,8-11,14-15,18-19,33H2,1-3H3,(H,36,37). The van der Waals surface area contributed by atoms with Crippen molar-refractivity contribution in [1.29, 1.82) is 0 Å². The molecule has 39 heavy (non-hydrogen) atoms. The molecule has 0 unspecified atom stereocenters. The predicted octanol–water partition coefficient (Wildman–Crippen LogP) is 5.61. The number of nitrogens with one attached hydrogen (secondary N) is 3. The van der Waals surface area contributed by atoms with Gasteiger partial charge in [-0.15, -0.1) is 0 Å². The van der Waals surface area contributed by atoms with E-state index in [1.54, 1.807) is 19.2 Å². The minimum Gasteiger partial charge on any atom is -0.496 e. The minimum absolute atomic E-state index is 0.228. The molecule has 1 amide bonds. The second-order valence-electron chi connectivity index (χ2n) is 10.6. The predicted molar refractivity (Wildman–Crippen MR) is 157 cm³/mol. The maximum atomic E-state index is 13.0. The summed E-state index contributed by atoms with van der Waals surface area (Å²) in [7, 11) is 1.58. The second kappa shape index (κ2) is 14.0. The van der Waals surface area contributed by atoms with E-state index in [2.05, 4.69) is 54.1 Å². The minimum atomic E-state index is -0.228. The highest BCUT2D eigenvalue weighted by Gasteiger charge is 2.20. The Labute approximate surface area is 236 Å². The monoisotopic (exact) mass is 552 g/mol. The van der Waals surface area contributed by atoms with Gasteiger partial charge in [0.1, 0.15) is 17.3 Å². The third-order valence-corrected chi connectivity index (χ3v) is 7.66. The number of furan rings is 1. The molecular weight excluding hydrogens is 512 g/mol. The van der Waals surface area contributed by atoms with Gasteiger partial charge in [-0.2, -0.15) is 0 Å². The van der Waals surface area contributed by atoms with Crippen LogP contribution in [0.3, 0.4) is 0 Å². The normalized spacial score (nSPS) is 17.4. The Kier molecular flexibility index (Phi) is 10.5. The molecule has 0 aliphatic heterocycles. The van der Waals surface area contributed by atoms with Gasteiger partial charge in [0.05, 0.1) is 29.8 Å². The molecule has 1 aliphatic carbocycles. The van der Waals surface area contributed by atoms with Gasteiger partial charge in [0, 0.05) is 37.8 Å². The summed E-state index contributed by atoms with van der Waals surface area (Å²) >= 11 is 6.46. The zero-order valence-electron chi connectivity index (χ0n) is 23.2. The third-order valence-electron chi connectivity index (χ3n) is 7.35. The number of amides is 1. The summed E-state index contributed by atoms with van der Waals surface area (Å²) in [6.45, 7) is 6.92. The van der Waals surface area contributed by atoms with Gasteiger partial charge in [-0.3, -0.25) is 4.79 Å². The molecule has 0 radical (unpaired) electrons. The van der Waals surface area contributed by atoms with Gasteiger partial charge in [-0.05, 0) is 60.9 Å². The first kappa shape index (κ1) is 29.2. The molecule has 1 aromatic heterocycles. The first-order valence-electron chi connectivity index (χ1n) is 13.9. The van der Waals surface area contributed by atoms with Crippen LogP contribution in [-0.2, 0) is 13.1 Å². The number of carbonyl (C=O) groups excluding carboxylic acids is 1. The quantitative estimate of drug-likeness (QED) is 0.218. The van der Waals surface area contributed by atoms with Crippen LogP contribution in [0.2, 0.25) is 5.02 Å². The van der Waals surface area contributed by atoms with Crippen molar-refractivity contribution < 1.29 is 13.9 Å². The summed E-state index contributed by atoms with van der Waals surface area (Å²) in [4.78, 5) is 13.0. The molecular formula is C31H41ClN4O3. The number of nitrogens with two attached hydrogens (primary N) is 1. The van der Waals surface area contributed by atoms with Gasteiger partial charge >= 0.3 is 0 Å². The maximum absolute atomic E-state index is 13.0. The number of carbonyl (C=O) groups is 1. The number of ether oxygens (including phenoxy) is 1. The molecule has 3 aromatic rings. The summed E-state index contributed by atoms with van der Waals surface area (Å²) in [6, 6.07) is 16.7. The van der Waals surface area contributed by atoms with Crippen molar-refractivity contribution in [3.8, 4) is 17.1 Å². The van der Waals surface area contributed by atoms with Crippen LogP contribution in [0, 0.1) is 0 Å². The number of methoxy groups -OCH3 is 1. The Bertz CT molecular complexity index is 1220. The average molecular weight is 553 g/mol. The Morgan fingerprint density at radius 1 is 1.05 bits per heavy atom. The molecule has 8 heteroatoms. The molecule has 0 spiro atoms. The van der Waals surface area contributed by atoms with Gasteiger partial charge < -0.3 is 30.8 Å². The van der Waals surface area contributed by atoms with Crippen molar-refractivity contribution in [3.05, 3.63) is 76.0 Å². The number of halogens is 1. The van der Waals surface area contributed by atoms with Gasteiger partial charge in [-0.1, -0.05) is 49.7 Å². The fraction of sp³-hybridized carbons (Fsp3) is 0.452. The number of hydrogen-bond acceptors (Lipinski definition) is 6. The van der Waals surface area contributed by atoms with E-state index >= 15 is 0 Å². The number of hydrogen-bond donors (Lipinski definition) is 4. The SMILES string of the molecule is COc1cc(Cl)c(C(=O)NCCNC2CCC(N)CC2)cc1-c1ccc(CNCc2ccc(C(C)C)cc2)o1. The van der Waals surface area contributed by atoms with Crippen molar-refractivity contribution in [2.75, 3.05) is 20.2 Å². The molecule has 4 rings (SSSR count). The molecule has 0 atom stereocenters. The first-order valence-corrected chi connectivity index (χ1v) is 14.2. The van der Waals surface area contributed by atoms with Crippen LogP contribution >= 0.6 is 11.6 Å². The van der Waals surface area contributed by atoms with E-state index in [0.717, 1.165) is 38.0 Å². The summed E-state index contributed by atoms with van der Waals surface area (Å²) in [5.74, 6) is 2.25. The van der Waals surface area contributed by atoms with Crippen LogP contribution in [0.25, 0.3) is 11.3 Å². The van der Waals surface area contributed by atoms with Crippen molar-refractivity contribution in [2.45, 2.75) is 70.6 Å². The van der Waals surface area contributed by atoms with E-state index < -0.39 is 0 Å². The van der Waals surface area contributed by atoms with E-state index in [1.165, 1.54) is 11.1 Å². The lowest BCUT2D eigenvalue weighted by atomic mass is 9.92. The largest absolute Gasteiger partial charge is 0.496 e. The highest BCUT2D eigenvalue weighted by Crippen LogP contribution is 2.36. The summed E-state index contributed by atoms with van der Waals surface area (Å²) in [6.07, 6.45) is 4.25. The molecule has 210 valence electrons.